The predicted octanol–water partition coefficient (Wildman–Crippen LogP) is 2.04. The van der Waals surface area contributed by atoms with E-state index < -0.39 is 0 Å². The second kappa shape index (κ2) is 3.92. The molecule has 2 atom stereocenters. The number of carbonyl (C=O) groups is 1. The molecule has 0 aliphatic carbocycles. The first-order valence-electron chi connectivity index (χ1n) is 4.97. The molecule has 12 heavy (non-hydrogen) atoms. The van der Waals surface area contributed by atoms with E-state index >= 15 is 0 Å². The van der Waals surface area contributed by atoms with Crippen molar-refractivity contribution in [3.63, 3.8) is 0 Å². The fourth-order valence-electron chi connectivity index (χ4n) is 1.90. The number of unbranched alkanes of at least 4 members (excludes halogenated alkanes) is 1. The standard InChI is InChI=1S/C10H19NO/c1-4-5-6-11-9(3)7-8(2)10(11)12/h8-9H,4-7H2,1-3H3/t8-,9-/m1/s1. The lowest BCUT2D eigenvalue weighted by molar-refractivity contribution is -0.131. The third-order valence-electron chi connectivity index (χ3n) is 2.68. The van der Waals surface area contributed by atoms with E-state index in [-0.39, 0.29) is 5.92 Å². The first-order chi connectivity index (χ1) is 5.66. The summed E-state index contributed by atoms with van der Waals surface area (Å²) in [6.45, 7) is 7.30. The van der Waals surface area contributed by atoms with Gasteiger partial charge in [0, 0.05) is 18.5 Å². The van der Waals surface area contributed by atoms with Crippen molar-refractivity contribution < 1.29 is 4.79 Å². The molecule has 1 heterocycles. The Bertz CT molecular complexity index is 167. The zero-order chi connectivity index (χ0) is 9.14. The van der Waals surface area contributed by atoms with Crippen LogP contribution in [-0.4, -0.2) is 23.4 Å². The van der Waals surface area contributed by atoms with E-state index in [2.05, 4.69) is 13.8 Å². The van der Waals surface area contributed by atoms with Crippen LogP contribution < -0.4 is 0 Å². The van der Waals surface area contributed by atoms with Crippen LogP contribution in [0, 0.1) is 5.92 Å². The third-order valence-corrected chi connectivity index (χ3v) is 2.68. The van der Waals surface area contributed by atoms with Crippen molar-refractivity contribution >= 4 is 5.91 Å². The molecule has 1 amide bonds. The normalized spacial score (nSPS) is 29.9. The van der Waals surface area contributed by atoms with Crippen molar-refractivity contribution in [3.05, 3.63) is 0 Å². The molecule has 0 saturated carbocycles. The molecule has 0 N–H and O–H groups in total. The lowest BCUT2D eigenvalue weighted by Crippen LogP contribution is -2.32. The average molecular weight is 169 g/mol. The number of amides is 1. The highest BCUT2D eigenvalue weighted by Crippen LogP contribution is 2.23. The maximum Gasteiger partial charge on any atom is 0.225 e. The van der Waals surface area contributed by atoms with Gasteiger partial charge < -0.3 is 4.90 Å². The molecule has 1 rings (SSSR count). The number of rotatable bonds is 3. The van der Waals surface area contributed by atoms with E-state index in [1.165, 1.54) is 6.42 Å². The van der Waals surface area contributed by atoms with Gasteiger partial charge in [0.25, 0.3) is 0 Å². The van der Waals surface area contributed by atoms with Gasteiger partial charge in [-0.25, -0.2) is 0 Å². The van der Waals surface area contributed by atoms with E-state index in [4.69, 9.17) is 0 Å². The van der Waals surface area contributed by atoms with Crippen molar-refractivity contribution in [2.45, 2.75) is 46.1 Å². The summed E-state index contributed by atoms with van der Waals surface area (Å²) in [7, 11) is 0. The fraction of sp³-hybridized carbons (Fsp3) is 0.900. The van der Waals surface area contributed by atoms with Crippen LogP contribution in [0.5, 0.6) is 0 Å². The van der Waals surface area contributed by atoms with Gasteiger partial charge in [-0.2, -0.15) is 0 Å². The minimum atomic E-state index is 0.261. The number of likely N-dealkylation sites (tertiary alicyclic amines) is 1. The maximum absolute atomic E-state index is 11.5. The quantitative estimate of drug-likeness (QED) is 0.633. The van der Waals surface area contributed by atoms with Crippen LogP contribution in [0.1, 0.15) is 40.0 Å². The van der Waals surface area contributed by atoms with E-state index in [1.54, 1.807) is 0 Å². The molecule has 1 aliphatic rings. The molecule has 2 heteroatoms. The van der Waals surface area contributed by atoms with Gasteiger partial charge in [0.1, 0.15) is 0 Å². The smallest absolute Gasteiger partial charge is 0.225 e. The van der Waals surface area contributed by atoms with Crippen molar-refractivity contribution in [1.82, 2.24) is 4.90 Å². The molecule has 1 saturated heterocycles. The van der Waals surface area contributed by atoms with Crippen LogP contribution in [0.2, 0.25) is 0 Å². The minimum Gasteiger partial charge on any atom is -0.340 e. The molecule has 70 valence electrons. The van der Waals surface area contributed by atoms with Crippen molar-refractivity contribution in [1.29, 1.82) is 0 Å². The molecule has 0 aromatic heterocycles. The summed E-state index contributed by atoms with van der Waals surface area (Å²) in [6.07, 6.45) is 3.36. The van der Waals surface area contributed by atoms with Crippen LogP contribution in [0.25, 0.3) is 0 Å². The van der Waals surface area contributed by atoms with Crippen molar-refractivity contribution in [2.75, 3.05) is 6.54 Å². The second-order valence-electron chi connectivity index (χ2n) is 3.87. The number of carbonyl (C=O) groups excluding carboxylic acids is 1. The Morgan fingerprint density at radius 3 is 2.58 bits per heavy atom. The summed E-state index contributed by atoms with van der Waals surface area (Å²) in [5.41, 5.74) is 0. The van der Waals surface area contributed by atoms with Crippen LogP contribution in [0.15, 0.2) is 0 Å². The Hall–Kier alpha value is -0.530. The molecule has 0 spiro atoms. The lowest BCUT2D eigenvalue weighted by Gasteiger charge is -2.20. The van der Waals surface area contributed by atoms with Gasteiger partial charge in [-0.05, 0) is 19.8 Å². The number of hydrogen-bond acceptors (Lipinski definition) is 1. The summed E-state index contributed by atoms with van der Waals surface area (Å²) in [4.78, 5) is 13.6. The lowest BCUT2D eigenvalue weighted by atomic mass is 10.1. The highest BCUT2D eigenvalue weighted by molar-refractivity contribution is 5.81. The molecule has 2 nitrogen and oxygen atoms in total. The molecular weight excluding hydrogens is 150 g/mol. The zero-order valence-corrected chi connectivity index (χ0v) is 8.34. The monoisotopic (exact) mass is 169 g/mol. The average Bonchev–Trinajstić information content (AvgIpc) is 2.25. The van der Waals surface area contributed by atoms with Gasteiger partial charge in [0.05, 0.1) is 0 Å². The van der Waals surface area contributed by atoms with E-state index in [1.807, 2.05) is 11.8 Å². The number of hydrogen-bond donors (Lipinski definition) is 0. The van der Waals surface area contributed by atoms with Crippen LogP contribution >= 0.6 is 0 Å². The molecule has 0 unspecified atom stereocenters. The van der Waals surface area contributed by atoms with Gasteiger partial charge in [-0.1, -0.05) is 20.3 Å². The van der Waals surface area contributed by atoms with Gasteiger partial charge in [-0.15, -0.1) is 0 Å². The van der Waals surface area contributed by atoms with E-state index in [0.29, 0.717) is 11.9 Å². The third kappa shape index (κ3) is 1.79. The van der Waals surface area contributed by atoms with Gasteiger partial charge in [-0.3, -0.25) is 4.79 Å². The highest BCUT2D eigenvalue weighted by Gasteiger charge is 2.32. The highest BCUT2D eigenvalue weighted by atomic mass is 16.2. The molecular formula is C10H19NO. The fourth-order valence-corrected chi connectivity index (χ4v) is 1.90. The largest absolute Gasteiger partial charge is 0.340 e. The van der Waals surface area contributed by atoms with Gasteiger partial charge in [0.2, 0.25) is 5.91 Å². The summed E-state index contributed by atoms with van der Waals surface area (Å²) in [5, 5.41) is 0. The van der Waals surface area contributed by atoms with Gasteiger partial charge >= 0.3 is 0 Å². The second-order valence-corrected chi connectivity index (χ2v) is 3.87. The molecule has 1 fully saturated rings. The van der Waals surface area contributed by atoms with Crippen LogP contribution in [-0.2, 0) is 4.79 Å². The molecule has 0 radical (unpaired) electrons. The SMILES string of the molecule is CCCCN1C(=O)[C@H](C)C[C@H]1C. The molecule has 0 bridgehead atoms. The summed E-state index contributed by atoms with van der Waals surface area (Å²) in [6, 6.07) is 0.471. The molecule has 1 aliphatic heterocycles. The minimum absolute atomic E-state index is 0.261. The first kappa shape index (κ1) is 9.56. The van der Waals surface area contributed by atoms with Crippen LogP contribution in [0.4, 0.5) is 0 Å². The summed E-state index contributed by atoms with van der Waals surface area (Å²) >= 11 is 0. The summed E-state index contributed by atoms with van der Waals surface area (Å²) < 4.78 is 0. The predicted molar refractivity (Wildman–Crippen MR) is 49.9 cm³/mol. The Kier molecular flexibility index (Phi) is 3.12. The molecule has 0 aromatic rings. The van der Waals surface area contributed by atoms with Gasteiger partial charge in [0.15, 0.2) is 0 Å². The Morgan fingerprint density at radius 1 is 1.50 bits per heavy atom. The van der Waals surface area contributed by atoms with Crippen molar-refractivity contribution in [2.24, 2.45) is 5.92 Å². The maximum atomic E-state index is 11.5. The Balaban J connectivity index is 2.46. The molecule has 0 aromatic carbocycles. The Labute approximate surface area is 74.9 Å². The topological polar surface area (TPSA) is 20.3 Å². The zero-order valence-electron chi connectivity index (χ0n) is 8.34. The number of nitrogens with zero attached hydrogens (tertiary/aromatic N) is 1. The summed E-state index contributed by atoms with van der Waals surface area (Å²) in [5.74, 6) is 0.618. The van der Waals surface area contributed by atoms with Crippen LogP contribution in [0.3, 0.4) is 0 Å². The first-order valence-corrected chi connectivity index (χ1v) is 4.97. The van der Waals surface area contributed by atoms with E-state index in [9.17, 15) is 4.79 Å². The van der Waals surface area contributed by atoms with E-state index in [0.717, 1.165) is 19.4 Å². The Morgan fingerprint density at radius 2 is 2.17 bits per heavy atom. The van der Waals surface area contributed by atoms with Crippen molar-refractivity contribution in [3.8, 4) is 0 Å².